The van der Waals surface area contributed by atoms with Gasteiger partial charge in [0.15, 0.2) is 0 Å². The van der Waals surface area contributed by atoms with Crippen molar-refractivity contribution < 1.29 is 13.2 Å². The number of hydrogen-bond acceptors (Lipinski definition) is 0. The molecular formula is C10H17F3. The molecule has 0 radical (unpaired) electrons. The maximum atomic E-state index is 12.4. The SMILES string of the molecule is CCCCCCC1(C(F)(F)F)CC1. The van der Waals surface area contributed by atoms with E-state index in [4.69, 9.17) is 0 Å². The Labute approximate surface area is 77.5 Å². The molecule has 1 aliphatic carbocycles. The molecule has 0 unspecified atom stereocenters. The molecule has 0 saturated heterocycles. The average molecular weight is 194 g/mol. The molecular weight excluding hydrogens is 177 g/mol. The summed E-state index contributed by atoms with van der Waals surface area (Å²) in [5.74, 6) is 0. The number of alkyl halides is 3. The lowest BCUT2D eigenvalue weighted by Crippen LogP contribution is -2.24. The Hall–Kier alpha value is -0.210. The second kappa shape index (κ2) is 3.89. The zero-order valence-electron chi connectivity index (χ0n) is 8.08. The van der Waals surface area contributed by atoms with Gasteiger partial charge in [-0.05, 0) is 19.3 Å². The number of halogens is 3. The topological polar surface area (TPSA) is 0 Å². The molecule has 0 spiro atoms. The first-order valence-corrected chi connectivity index (χ1v) is 5.08. The maximum absolute atomic E-state index is 12.4. The van der Waals surface area contributed by atoms with Crippen LogP contribution in [0.15, 0.2) is 0 Å². The lowest BCUT2D eigenvalue weighted by molar-refractivity contribution is -0.189. The molecule has 0 aliphatic heterocycles. The fourth-order valence-corrected chi connectivity index (χ4v) is 1.72. The molecule has 0 atom stereocenters. The Bertz CT molecular complexity index is 156. The summed E-state index contributed by atoms with van der Waals surface area (Å²) in [5, 5.41) is 0. The molecule has 1 rings (SSSR count). The van der Waals surface area contributed by atoms with Crippen molar-refractivity contribution in [1.29, 1.82) is 0 Å². The van der Waals surface area contributed by atoms with Crippen LogP contribution in [0, 0.1) is 5.41 Å². The molecule has 1 fully saturated rings. The summed E-state index contributed by atoms with van der Waals surface area (Å²) in [6.07, 6.45) is 0.982. The Morgan fingerprint density at radius 1 is 1.08 bits per heavy atom. The van der Waals surface area contributed by atoms with Crippen molar-refractivity contribution in [2.75, 3.05) is 0 Å². The van der Waals surface area contributed by atoms with Crippen LogP contribution in [0.4, 0.5) is 13.2 Å². The lowest BCUT2D eigenvalue weighted by atomic mass is 9.97. The fourth-order valence-electron chi connectivity index (χ4n) is 1.72. The molecule has 0 amide bonds. The van der Waals surface area contributed by atoms with Gasteiger partial charge in [-0.15, -0.1) is 0 Å². The van der Waals surface area contributed by atoms with Gasteiger partial charge in [0.1, 0.15) is 0 Å². The van der Waals surface area contributed by atoms with E-state index in [9.17, 15) is 13.2 Å². The summed E-state index contributed by atoms with van der Waals surface area (Å²) in [6, 6.07) is 0. The molecule has 0 aromatic carbocycles. The molecule has 0 bridgehead atoms. The Balaban J connectivity index is 2.21. The standard InChI is InChI=1S/C10H17F3/c1-2-3-4-5-6-9(7-8-9)10(11,12)13/h2-8H2,1H3. The van der Waals surface area contributed by atoms with Gasteiger partial charge in [0.25, 0.3) is 0 Å². The Kier molecular flexibility index (Phi) is 3.25. The van der Waals surface area contributed by atoms with Crippen LogP contribution in [0.2, 0.25) is 0 Å². The largest absolute Gasteiger partial charge is 0.394 e. The van der Waals surface area contributed by atoms with Crippen molar-refractivity contribution in [1.82, 2.24) is 0 Å². The summed E-state index contributed by atoms with van der Waals surface area (Å²) in [5.41, 5.74) is -1.26. The van der Waals surface area contributed by atoms with Crippen LogP contribution in [0.1, 0.15) is 51.9 Å². The normalized spacial score (nSPS) is 20.3. The van der Waals surface area contributed by atoms with E-state index in [0.29, 0.717) is 19.3 Å². The predicted molar refractivity (Wildman–Crippen MR) is 46.5 cm³/mol. The van der Waals surface area contributed by atoms with Gasteiger partial charge in [-0.2, -0.15) is 13.2 Å². The summed E-state index contributed by atoms with van der Waals surface area (Å²) < 4.78 is 37.2. The average Bonchev–Trinajstić information content (AvgIpc) is 2.77. The summed E-state index contributed by atoms with van der Waals surface area (Å²) in [7, 11) is 0. The highest BCUT2D eigenvalue weighted by Gasteiger charge is 2.62. The first-order chi connectivity index (χ1) is 6.02. The highest BCUT2D eigenvalue weighted by atomic mass is 19.4. The molecule has 3 heteroatoms. The minimum Gasteiger partial charge on any atom is -0.171 e. The fraction of sp³-hybridized carbons (Fsp3) is 1.00. The first-order valence-electron chi connectivity index (χ1n) is 5.08. The van der Waals surface area contributed by atoms with E-state index in [0.717, 1.165) is 25.7 Å². The summed E-state index contributed by atoms with van der Waals surface area (Å²) in [4.78, 5) is 0. The van der Waals surface area contributed by atoms with Gasteiger partial charge in [0.05, 0.1) is 5.41 Å². The van der Waals surface area contributed by atoms with E-state index in [1.54, 1.807) is 0 Å². The van der Waals surface area contributed by atoms with Gasteiger partial charge < -0.3 is 0 Å². The van der Waals surface area contributed by atoms with Crippen LogP contribution in [0.3, 0.4) is 0 Å². The smallest absolute Gasteiger partial charge is 0.171 e. The quantitative estimate of drug-likeness (QED) is 0.572. The van der Waals surface area contributed by atoms with Gasteiger partial charge in [-0.25, -0.2) is 0 Å². The van der Waals surface area contributed by atoms with Gasteiger partial charge in [0, 0.05) is 0 Å². The van der Waals surface area contributed by atoms with Crippen molar-refractivity contribution in [2.45, 2.75) is 58.0 Å². The zero-order valence-corrected chi connectivity index (χ0v) is 8.08. The number of hydrogen-bond donors (Lipinski definition) is 0. The van der Waals surface area contributed by atoms with E-state index < -0.39 is 11.6 Å². The molecule has 13 heavy (non-hydrogen) atoms. The second-order valence-corrected chi connectivity index (χ2v) is 4.09. The van der Waals surface area contributed by atoms with E-state index in [-0.39, 0.29) is 0 Å². The zero-order chi connectivity index (χ0) is 9.95. The van der Waals surface area contributed by atoms with Crippen molar-refractivity contribution in [3.63, 3.8) is 0 Å². The molecule has 1 saturated carbocycles. The van der Waals surface area contributed by atoms with Crippen molar-refractivity contribution in [3.05, 3.63) is 0 Å². The maximum Gasteiger partial charge on any atom is 0.394 e. The van der Waals surface area contributed by atoms with Gasteiger partial charge in [-0.3, -0.25) is 0 Å². The molecule has 0 aromatic heterocycles. The Morgan fingerprint density at radius 3 is 2.08 bits per heavy atom. The van der Waals surface area contributed by atoms with Crippen molar-refractivity contribution in [2.24, 2.45) is 5.41 Å². The highest BCUT2D eigenvalue weighted by Crippen LogP contribution is 2.60. The van der Waals surface area contributed by atoms with Crippen LogP contribution in [0.25, 0.3) is 0 Å². The minimum absolute atomic E-state index is 0.358. The molecule has 0 heterocycles. The predicted octanol–water partition coefficient (Wildman–Crippen LogP) is 4.30. The third-order valence-corrected chi connectivity index (χ3v) is 2.96. The Morgan fingerprint density at radius 2 is 1.69 bits per heavy atom. The molecule has 1 aliphatic rings. The number of rotatable bonds is 5. The van der Waals surface area contributed by atoms with Crippen molar-refractivity contribution >= 4 is 0 Å². The minimum atomic E-state index is -3.95. The van der Waals surface area contributed by atoms with Gasteiger partial charge in [-0.1, -0.05) is 32.6 Å². The van der Waals surface area contributed by atoms with Crippen LogP contribution in [-0.4, -0.2) is 6.18 Å². The van der Waals surface area contributed by atoms with Crippen LogP contribution >= 0.6 is 0 Å². The van der Waals surface area contributed by atoms with Crippen LogP contribution in [0.5, 0.6) is 0 Å². The number of unbranched alkanes of at least 4 members (excludes halogenated alkanes) is 3. The molecule has 0 nitrogen and oxygen atoms in total. The van der Waals surface area contributed by atoms with E-state index in [1.165, 1.54) is 0 Å². The van der Waals surface area contributed by atoms with Gasteiger partial charge in [0.2, 0.25) is 0 Å². The molecule has 0 N–H and O–H groups in total. The summed E-state index contributed by atoms with van der Waals surface area (Å²) >= 11 is 0. The van der Waals surface area contributed by atoms with Crippen LogP contribution in [-0.2, 0) is 0 Å². The van der Waals surface area contributed by atoms with Crippen LogP contribution < -0.4 is 0 Å². The third kappa shape index (κ3) is 2.61. The first kappa shape index (κ1) is 10.9. The van der Waals surface area contributed by atoms with Gasteiger partial charge >= 0.3 is 6.18 Å². The third-order valence-electron chi connectivity index (χ3n) is 2.96. The molecule has 78 valence electrons. The van der Waals surface area contributed by atoms with E-state index in [2.05, 4.69) is 6.92 Å². The summed E-state index contributed by atoms with van der Waals surface area (Å²) in [6.45, 7) is 2.07. The highest BCUT2D eigenvalue weighted by molar-refractivity contribution is 4.98. The van der Waals surface area contributed by atoms with E-state index >= 15 is 0 Å². The van der Waals surface area contributed by atoms with E-state index in [1.807, 2.05) is 0 Å². The lowest BCUT2D eigenvalue weighted by Gasteiger charge is -2.18. The monoisotopic (exact) mass is 194 g/mol. The van der Waals surface area contributed by atoms with Crippen molar-refractivity contribution in [3.8, 4) is 0 Å². The second-order valence-electron chi connectivity index (χ2n) is 4.09. The molecule has 0 aromatic rings.